The standard InChI is InChI=1S/C30H27FN6O4S2/c1-30(2)12-21-25(22(38)13-30)24(16-4-8-18(31)9-5-16)20(14-32)26(33)37(21)28-35-36-29(43-28)42-15-23(39)34-19-10-6-17(7-11-19)27(40)41-3/h4-11,24H,12-13,15,33H2,1-3H3,(H,34,39). The normalized spacial score (nSPS) is 17.8. The molecule has 2 aliphatic rings. The summed E-state index contributed by atoms with van der Waals surface area (Å²) in [6.45, 7) is 3.98. The first-order valence-corrected chi connectivity index (χ1v) is 15.0. The number of nitrogens with two attached hydrogens (primary N) is 1. The number of esters is 1. The lowest BCUT2D eigenvalue weighted by atomic mass is 9.69. The zero-order valence-electron chi connectivity index (χ0n) is 23.5. The maximum atomic E-state index is 13.7. The number of thioether (sulfide) groups is 1. The van der Waals surface area contributed by atoms with Gasteiger partial charge >= 0.3 is 5.97 Å². The summed E-state index contributed by atoms with van der Waals surface area (Å²) in [4.78, 5) is 39.4. The van der Waals surface area contributed by atoms with Crippen LogP contribution in [0.4, 0.5) is 15.2 Å². The maximum Gasteiger partial charge on any atom is 0.337 e. The number of nitrogens with zero attached hydrogens (tertiary/aromatic N) is 4. The minimum atomic E-state index is -0.729. The summed E-state index contributed by atoms with van der Waals surface area (Å²) < 4.78 is 18.9. The van der Waals surface area contributed by atoms with Gasteiger partial charge in [-0.15, -0.1) is 10.2 Å². The number of carbonyl (C=O) groups is 3. The highest BCUT2D eigenvalue weighted by Gasteiger charge is 2.45. The molecule has 1 aliphatic carbocycles. The van der Waals surface area contributed by atoms with Crippen LogP contribution in [0, 0.1) is 22.6 Å². The number of methoxy groups -OCH3 is 1. The van der Waals surface area contributed by atoms with Crippen LogP contribution in [0.15, 0.2) is 75.5 Å². The third-order valence-corrected chi connectivity index (χ3v) is 9.13. The zero-order valence-corrected chi connectivity index (χ0v) is 25.1. The number of anilines is 2. The molecule has 0 saturated heterocycles. The lowest BCUT2D eigenvalue weighted by Gasteiger charge is -2.42. The summed E-state index contributed by atoms with van der Waals surface area (Å²) >= 11 is 2.36. The van der Waals surface area contributed by atoms with Crippen molar-refractivity contribution in [3.8, 4) is 6.07 Å². The number of ether oxygens (including phenoxy) is 1. The lowest BCUT2D eigenvalue weighted by molar-refractivity contribution is -0.118. The van der Waals surface area contributed by atoms with Crippen molar-refractivity contribution >= 4 is 51.6 Å². The molecule has 3 N–H and O–H groups in total. The number of amides is 1. The van der Waals surface area contributed by atoms with Crippen molar-refractivity contribution in [1.29, 1.82) is 5.26 Å². The molecule has 0 radical (unpaired) electrons. The molecular weight excluding hydrogens is 592 g/mol. The molecule has 1 aliphatic heterocycles. The van der Waals surface area contributed by atoms with Gasteiger partial charge in [-0.05, 0) is 53.8 Å². The van der Waals surface area contributed by atoms with E-state index in [1.165, 1.54) is 42.3 Å². The summed E-state index contributed by atoms with van der Waals surface area (Å²) in [6, 6.07) is 14.2. The molecule has 2 heterocycles. The molecule has 220 valence electrons. The lowest BCUT2D eigenvalue weighted by Crippen LogP contribution is -2.42. The average Bonchev–Trinajstić information content (AvgIpc) is 3.44. The Balaban J connectivity index is 1.40. The summed E-state index contributed by atoms with van der Waals surface area (Å²) in [7, 11) is 1.29. The van der Waals surface area contributed by atoms with E-state index >= 15 is 0 Å². The first kappa shape index (κ1) is 29.9. The summed E-state index contributed by atoms with van der Waals surface area (Å²) in [6.07, 6.45) is 0.776. The number of carbonyl (C=O) groups excluding carboxylic acids is 3. The second kappa shape index (κ2) is 12.0. The molecular formula is C30H27FN6O4S2. The van der Waals surface area contributed by atoms with E-state index < -0.39 is 17.7 Å². The average molecular weight is 619 g/mol. The Morgan fingerprint density at radius 1 is 1.19 bits per heavy atom. The van der Waals surface area contributed by atoms with Crippen molar-refractivity contribution in [2.24, 2.45) is 11.1 Å². The second-order valence-corrected chi connectivity index (χ2v) is 13.0. The highest BCUT2D eigenvalue weighted by molar-refractivity contribution is 8.01. The fraction of sp³-hybridized carbons (Fsp3) is 0.267. The number of Topliss-reactive ketones (excluding diaryl/α,β-unsaturated/α-hetero) is 1. The van der Waals surface area contributed by atoms with Gasteiger partial charge in [0.1, 0.15) is 11.6 Å². The monoisotopic (exact) mass is 618 g/mol. The number of rotatable bonds is 7. The van der Waals surface area contributed by atoms with Gasteiger partial charge in [0.15, 0.2) is 10.1 Å². The van der Waals surface area contributed by atoms with Gasteiger partial charge in [0.25, 0.3) is 0 Å². The van der Waals surface area contributed by atoms with Crippen molar-refractivity contribution in [3.63, 3.8) is 0 Å². The van der Waals surface area contributed by atoms with E-state index in [-0.39, 0.29) is 40.7 Å². The smallest absolute Gasteiger partial charge is 0.337 e. The molecule has 3 aromatic rings. The predicted molar refractivity (Wildman–Crippen MR) is 161 cm³/mol. The first-order chi connectivity index (χ1) is 20.5. The number of hydrogen-bond donors (Lipinski definition) is 2. The Hall–Kier alpha value is -4.54. The molecule has 1 unspecified atom stereocenters. The number of ketones is 1. The Morgan fingerprint density at radius 2 is 1.88 bits per heavy atom. The molecule has 5 rings (SSSR count). The largest absolute Gasteiger partial charge is 0.465 e. The summed E-state index contributed by atoms with van der Waals surface area (Å²) in [5.74, 6) is -1.86. The van der Waals surface area contributed by atoms with Crippen LogP contribution in [-0.2, 0) is 14.3 Å². The highest BCUT2D eigenvalue weighted by atomic mass is 32.2. The molecule has 2 aromatic carbocycles. The van der Waals surface area contributed by atoms with Gasteiger partial charge in [-0.25, -0.2) is 9.18 Å². The van der Waals surface area contributed by atoms with Gasteiger partial charge in [-0.2, -0.15) is 5.26 Å². The first-order valence-electron chi connectivity index (χ1n) is 13.2. The Bertz CT molecular complexity index is 1710. The minimum absolute atomic E-state index is 0.0360. The quantitative estimate of drug-likeness (QED) is 0.269. The number of aromatic nitrogens is 2. The Morgan fingerprint density at radius 3 is 2.53 bits per heavy atom. The van der Waals surface area contributed by atoms with Gasteiger partial charge in [0, 0.05) is 23.4 Å². The van der Waals surface area contributed by atoms with E-state index in [1.54, 1.807) is 41.3 Å². The third kappa shape index (κ3) is 6.16. The molecule has 1 atom stereocenters. The topological polar surface area (TPSA) is 151 Å². The van der Waals surface area contributed by atoms with Gasteiger partial charge < -0.3 is 15.8 Å². The van der Waals surface area contributed by atoms with Crippen molar-refractivity contribution in [3.05, 3.63) is 88.1 Å². The molecule has 13 heteroatoms. The Kier molecular flexibility index (Phi) is 8.34. The van der Waals surface area contributed by atoms with Gasteiger partial charge in [-0.1, -0.05) is 49.1 Å². The number of benzene rings is 2. The zero-order chi connectivity index (χ0) is 30.9. The Labute approximate surface area is 255 Å². The van der Waals surface area contributed by atoms with E-state index in [0.29, 0.717) is 44.0 Å². The number of halogens is 1. The number of nitriles is 1. The SMILES string of the molecule is COC(=O)c1ccc(NC(=O)CSc2nnc(N3C(N)=C(C#N)C(c4ccc(F)cc4)C4=C3CC(C)(C)CC4=O)s2)cc1. The number of hydrogen-bond acceptors (Lipinski definition) is 11. The van der Waals surface area contributed by atoms with E-state index in [0.717, 1.165) is 0 Å². The molecule has 0 saturated carbocycles. The fourth-order valence-corrected chi connectivity index (χ4v) is 6.88. The molecule has 1 amide bonds. The minimum Gasteiger partial charge on any atom is -0.465 e. The third-order valence-electron chi connectivity index (χ3n) is 7.09. The summed E-state index contributed by atoms with van der Waals surface area (Å²) in [5, 5.41) is 21.9. The molecule has 0 spiro atoms. The highest BCUT2D eigenvalue weighted by Crippen LogP contribution is 2.50. The molecule has 10 nitrogen and oxygen atoms in total. The van der Waals surface area contributed by atoms with Crippen molar-refractivity contribution in [2.45, 2.75) is 36.9 Å². The summed E-state index contributed by atoms with van der Waals surface area (Å²) in [5.41, 5.74) is 8.98. The van der Waals surface area contributed by atoms with E-state index in [2.05, 4.69) is 26.3 Å². The van der Waals surface area contributed by atoms with E-state index in [9.17, 15) is 24.0 Å². The van der Waals surface area contributed by atoms with Crippen LogP contribution in [0.2, 0.25) is 0 Å². The number of nitrogens with one attached hydrogen (secondary N) is 1. The number of allylic oxidation sites excluding steroid dienone is 3. The second-order valence-electron chi connectivity index (χ2n) is 10.8. The van der Waals surface area contributed by atoms with Crippen LogP contribution in [0.1, 0.15) is 48.5 Å². The van der Waals surface area contributed by atoms with Crippen LogP contribution in [0.25, 0.3) is 0 Å². The van der Waals surface area contributed by atoms with Crippen LogP contribution < -0.4 is 16.0 Å². The molecule has 0 fully saturated rings. The van der Waals surface area contributed by atoms with Crippen LogP contribution in [0.3, 0.4) is 0 Å². The van der Waals surface area contributed by atoms with E-state index in [4.69, 9.17) is 5.73 Å². The van der Waals surface area contributed by atoms with Crippen LogP contribution in [0.5, 0.6) is 0 Å². The fourth-order valence-electron chi connectivity index (χ4n) is 5.20. The van der Waals surface area contributed by atoms with Gasteiger partial charge in [-0.3, -0.25) is 14.5 Å². The van der Waals surface area contributed by atoms with Crippen LogP contribution >= 0.6 is 23.1 Å². The van der Waals surface area contributed by atoms with Crippen LogP contribution in [-0.4, -0.2) is 40.7 Å². The van der Waals surface area contributed by atoms with Crippen molar-refractivity contribution in [2.75, 3.05) is 23.1 Å². The van der Waals surface area contributed by atoms with Crippen molar-refractivity contribution < 1.29 is 23.5 Å². The molecule has 43 heavy (non-hydrogen) atoms. The van der Waals surface area contributed by atoms with Gasteiger partial charge in [0.2, 0.25) is 11.0 Å². The van der Waals surface area contributed by atoms with Gasteiger partial charge in [0.05, 0.1) is 36.0 Å². The predicted octanol–water partition coefficient (Wildman–Crippen LogP) is 5.14. The van der Waals surface area contributed by atoms with E-state index in [1.807, 2.05) is 13.8 Å². The maximum absolute atomic E-state index is 13.7. The molecule has 1 aromatic heterocycles. The van der Waals surface area contributed by atoms with Crippen molar-refractivity contribution in [1.82, 2.24) is 10.2 Å². The molecule has 0 bridgehead atoms.